The fourth-order valence-electron chi connectivity index (χ4n) is 4.37. The van der Waals surface area contributed by atoms with Gasteiger partial charge >= 0.3 is 0 Å². The van der Waals surface area contributed by atoms with Crippen LogP contribution in [-0.2, 0) is 12.6 Å². The SMILES string of the molecule is N#CCCCc1ccccc1[P+](Cc1ccccc1)(c1ccccc1)c1ccccc1. The fourth-order valence-corrected chi connectivity index (χ4v) is 8.90. The van der Waals surface area contributed by atoms with Crippen LogP contribution in [0.2, 0.25) is 0 Å². The smallest absolute Gasteiger partial charge is 0.116 e. The van der Waals surface area contributed by atoms with Gasteiger partial charge in [-0.1, -0.05) is 84.9 Å². The Labute approximate surface area is 186 Å². The topological polar surface area (TPSA) is 23.8 Å². The molecule has 2 heteroatoms. The van der Waals surface area contributed by atoms with Crippen LogP contribution in [0.15, 0.2) is 115 Å². The Morgan fingerprint density at radius 1 is 0.613 bits per heavy atom. The molecule has 4 rings (SSSR count). The molecule has 4 aromatic carbocycles. The highest BCUT2D eigenvalue weighted by molar-refractivity contribution is 7.95. The molecule has 152 valence electrons. The molecule has 0 aliphatic heterocycles. The minimum atomic E-state index is -1.94. The average molecular weight is 421 g/mol. The lowest BCUT2D eigenvalue weighted by Gasteiger charge is -2.29. The number of nitrogens with zero attached hydrogens (tertiary/aromatic N) is 1. The van der Waals surface area contributed by atoms with Crippen molar-refractivity contribution in [1.82, 2.24) is 0 Å². The highest BCUT2D eigenvalue weighted by Crippen LogP contribution is 2.58. The van der Waals surface area contributed by atoms with Crippen LogP contribution >= 0.6 is 7.26 Å². The van der Waals surface area contributed by atoms with Gasteiger partial charge in [-0.25, -0.2) is 0 Å². The van der Waals surface area contributed by atoms with E-state index in [0.29, 0.717) is 6.42 Å². The molecule has 0 atom stereocenters. The molecule has 0 fully saturated rings. The van der Waals surface area contributed by atoms with E-state index in [0.717, 1.165) is 19.0 Å². The molecule has 0 bridgehead atoms. The van der Waals surface area contributed by atoms with Gasteiger partial charge in [0, 0.05) is 6.42 Å². The van der Waals surface area contributed by atoms with E-state index < -0.39 is 7.26 Å². The summed E-state index contributed by atoms with van der Waals surface area (Å²) in [6.45, 7) is 0. The van der Waals surface area contributed by atoms with Gasteiger partial charge in [-0.3, -0.25) is 0 Å². The summed E-state index contributed by atoms with van der Waals surface area (Å²) in [7, 11) is -1.94. The van der Waals surface area contributed by atoms with Gasteiger partial charge in [0.2, 0.25) is 0 Å². The van der Waals surface area contributed by atoms with Crippen LogP contribution in [-0.4, -0.2) is 0 Å². The van der Waals surface area contributed by atoms with E-state index in [-0.39, 0.29) is 0 Å². The molecule has 0 saturated heterocycles. The van der Waals surface area contributed by atoms with E-state index >= 15 is 0 Å². The summed E-state index contributed by atoms with van der Waals surface area (Å²) in [4.78, 5) is 0. The molecule has 0 aliphatic carbocycles. The zero-order valence-electron chi connectivity index (χ0n) is 17.7. The Bertz CT molecular complexity index is 1090. The summed E-state index contributed by atoms with van der Waals surface area (Å²) in [6, 6.07) is 44.1. The molecular formula is C29H27NP+. The van der Waals surface area contributed by atoms with Crippen molar-refractivity contribution < 1.29 is 0 Å². The molecule has 0 spiro atoms. The summed E-state index contributed by atoms with van der Waals surface area (Å²) >= 11 is 0. The van der Waals surface area contributed by atoms with Crippen LogP contribution in [0.3, 0.4) is 0 Å². The molecule has 0 radical (unpaired) electrons. The van der Waals surface area contributed by atoms with Gasteiger partial charge in [-0.05, 0) is 54.3 Å². The van der Waals surface area contributed by atoms with Crippen molar-refractivity contribution in [3.8, 4) is 6.07 Å². The van der Waals surface area contributed by atoms with E-state index in [1.807, 2.05) is 0 Å². The van der Waals surface area contributed by atoms with Gasteiger partial charge in [-0.15, -0.1) is 0 Å². The Hall–Kier alpha value is -3.20. The minimum Gasteiger partial charge on any atom is -0.198 e. The zero-order chi connectivity index (χ0) is 21.4. The van der Waals surface area contributed by atoms with Gasteiger partial charge in [0.1, 0.15) is 23.2 Å². The van der Waals surface area contributed by atoms with E-state index in [9.17, 15) is 0 Å². The van der Waals surface area contributed by atoms with Crippen LogP contribution in [0.5, 0.6) is 0 Å². The first-order valence-corrected chi connectivity index (χ1v) is 12.8. The monoisotopic (exact) mass is 420 g/mol. The van der Waals surface area contributed by atoms with Gasteiger partial charge in [0.25, 0.3) is 0 Å². The number of hydrogen-bond donors (Lipinski definition) is 0. The second-order valence-corrected chi connectivity index (χ2v) is 11.2. The Kier molecular flexibility index (Phi) is 6.93. The van der Waals surface area contributed by atoms with Crippen molar-refractivity contribution in [3.05, 3.63) is 126 Å². The normalized spacial score (nSPS) is 11.1. The fraction of sp³-hybridized carbons (Fsp3) is 0.138. The number of hydrogen-bond acceptors (Lipinski definition) is 1. The summed E-state index contributed by atoms with van der Waals surface area (Å²) < 4.78 is 0. The van der Waals surface area contributed by atoms with Crippen LogP contribution in [0.4, 0.5) is 0 Å². The van der Waals surface area contributed by atoms with E-state index in [4.69, 9.17) is 5.26 Å². The van der Waals surface area contributed by atoms with Gasteiger partial charge in [0.15, 0.2) is 0 Å². The lowest BCUT2D eigenvalue weighted by molar-refractivity contribution is 0.854. The van der Waals surface area contributed by atoms with Crippen LogP contribution < -0.4 is 15.9 Å². The third-order valence-electron chi connectivity index (χ3n) is 5.79. The Balaban J connectivity index is 1.98. The lowest BCUT2D eigenvalue weighted by atomic mass is 10.1. The second-order valence-electron chi connectivity index (χ2n) is 7.76. The minimum absolute atomic E-state index is 0.592. The van der Waals surface area contributed by atoms with Crippen molar-refractivity contribution in [3.63, 3.8) is 0 Å². The Morgan fingerprint density at radius 3 is 1.71 bits per heavy atom. The summed E-state index contributed by atoms with van der Waals surface area (Å²) in [6.07, 6.45) is 3.40. The summed E-state index contributed by atoms with van der Waals surface area (Å²) in [5.74, 6) is 0. The molecule has 0 heterocycles. The average Bonchev–Trinajstić information content (AvgIpc) is 2.85. The maximum Gasteiger partial charge on any atom is 0.116 e. The highest BCUT2D eigenvalue weighted by atomic mass is 31.2. The molecule has 0 aliphatic rings. The predicted octanol–water partition coefficient (Wildman–Crippen LogP) is 6.03. The van der Waals surface area contributed by atoms with Gasteiger partial charge in [-0.2, -0.15) is 5.26 Å². The first kappa shape index (κ1) is 21.0. The first-order valence-electron chi connectivity index (χ1n) is 10.8. The molecule has 0 unspecified atom stereocenters. The lowest BCUT2D eigenvalue weighted by Crippen LogP contribution is -2.34. The van der Waals surface area contributed by atoms with Crippen LogP contribution in [0, 0.1) is 11.3 Å². The summed E-state index contributed by atoms with van der Waals surface area (Å²) in [5, 5.41) is 13.3. The molecule has 0 saturated carbocycles. The van der Waals surface area contributed by atoms with E-state index in [2.05, 4.69) is 121 Å². The van der Waals surface area contributed by atoms with Crippen molar-refractivity contribution in [2.24, 2.45) is 0 Å². The molecule has 0 amide bonds. The van der Waals surface area contributed by atoms with E-state index in [1.54, 1.807) is 0 Å². The number of nitriles is 1. The van der Waals surface area contributed by atoms with Crippen LogP contribution in [0.1, 0.15) is 24.0 Å². The summed E-state index contributed by atoms with van der Waals surface area (Å²) in [5.41, 5.74) is 2.73. The van der Waals surface area contributed by atoms with Crippen molar-refractivity contribution in [2.75, 3.05) is 0 Å². The molecule has 1 nitrogen and oxygen atoms in total. The van der Waals surface area contributed by atoms with E-state index in [1.165, 1.54) is 27.0 Å². The van der Waals surface area contributed by atoms with Gasteiger partial charge < -0.3 is 0 Å². The number of benzene rings is 4. The number of rotatable bonds is 8. The molecule has 31 heavy (non-hydrogen) atoms. The van der Waals surface area contributed by atoms with Crippen molar-refractivity contribution in [1.29, 1.82) is 5.26 Å². The van der Waals surface area contributed by atoms with Crippen molar-refractivity contribution in [2.45, 2.75) is 25.4 Å². The third-order valence-corrected chi connectivity index (χ3v) is 10.3. The van der Waals surface area contributed by atoms with Crippen LogP contribution in [0.25, 0.3) is 0 Å². The largest absolute Gasteiger partial charge is 0.198 e. The molecule has 0 N–H and O–H groups in total. The predicted molar refractivity (Wildman–Crippen MR) is 134 cm³/mol. The van der Waals surface area contributed by atoms with Crippen molar-refractivity contribution >= 4 is 23.2 Å². The Morgan fingerprint density at radius 2 is 1.13 bits per heavy atom. The highest BCUT2D eigenvalue weighted by Gasteiger charge is 2.46. The number of unbranched alkanes of at least 4 members (excludes halogenated alkanes) is 1. The third kappa shape index (κ3) is 4.61. The molecular weight excluding hydrogens is 393 g/mol. The maximum atomic E-state index is 9.08. The standard InChI is InChI=1S/C29H27NP/c30-23-13-12-17-26-16-10-11-22-29(26)31(27-18-6-2-7-19-27,28-20-8-3-9-21-28)24-25-14-4-1-5-15-25/h1-11,14-16,18-22H,12-13,17,24H2/q+1. The quantitative estimate of drug-likeness (QED) is 0.252. The van der Waals surface area contributed by atoms with Gasteiger partial charge in [0.05, 0.1) is 12.2 Å². The number of aryl methyl sites for hydroxylation is 1. The molecule has 0 aromatic heterocycles. The zero-order valence-corrected chi connectivity index (χ0v) is 18.6. The maximum absolute atomic E-state index is 9.08. The molecule has 4 aromatic rings. The second kappa shape index (κ2) is 10.2. The first-order chi connectivity index (χ1) is 15.3.